The van der Waals surface area contributed by atoms with Crippen molar-refractivity contribution in [1.82, 2.24) is 25.1 Å². The van der Waals surface area contributed by atoms with Gasteiger partial charge in [-0.25, -0.2) is 4.68 Å². The van der Waals surface area contributed by atoms with E-state index >= 15 is 0 Å². The molecule has 1 aromatic heterocycles. The van der Waals surface area contributed by atoms with Crippen LogP contribution in [0.15, 0.2) is 24.3 Å². The van der Waals surface area contributed by atoms with Crippen LogP contribution in [0.5, 0.6) is 11.5 Å². The van der Waals surface area contributed by atoms with E-state index in [9.17, 15) is 0 Å². The second kappa shape index (κ2) is 7.41. The number of tetrazole rings is 1. The van der Waals surface area contributed by atoms with Crippen molar-refractivity contribution in [2.75, 3.05) is 19.7 Å². The number of fused-ring (bicyclic) bond motifs is 1. The van der Waals surface area contributed by atoms with Crippen LogP contribution in [0.4, 0.5) is 0 Å². The van der Waals surface area contributed by atoms with Crippen LogP contribution in [0.25, 0.3) is 0 Å². The lowest BCUT2D eigenvalue weighted by Crippen LogP contribution is -2.41. The summed E-state index contributed by atoms with van der Waals surface area (Å²) < 4.78 is 13.7. The minimum absolute atomic E-state index is 0.0142. The Hall–Kier alpha value is -2.15. The lowest BCUT2D eigenvalue weighted by Gasteiger charge is -2.30. The number of hydrogen-bond donors (Lipinski definition) is 0. The number of benzene rings is 1. The number of para-hydroxylation sites is 2. The Bertz CT molecular complexity index is 630. The summed E-state index contributed by atoms with van der Waals surface area (Å²) in [5.41, 5.74) is 0. The second-order valence-corrected chi connectivity index (χ2v) is 5.64. The van der Waals surface area contributed by atoms with E-state index in [0.717, 1.165) is 43.4 Å². The molecular formula is C16H23N5O2. The molecule has 124 valence electrons. The molecule has 0 saturated heterocycles. The molecule has 0 bridgehead atoms. The molecule has 0 N–H and O–H groups in total. The van der Waals surface area contributed by atoms with Gasteiger partial charge in [0.2, 0.25) is 0 Å². The van der Waals surface area contributed by atoms with Gasteiger partial charge in [-0.15, -0.1) is 5.10 Å². The average Bonchev–Trinajstić information content (AvgIpc) is 3.01. The van der Waals surface area contributed by atoms with Crippen LogP contribution in [-0.2, 0) is 13.1 Å². The molecule has 7 nitrogen and oxygen atoms in total. The van der Waals surface area contributed by atoms with Crippen LogP contribution in [0.1, 0.15) is 26.1 Å². The fraction of sp³-hybridized carbons (Fsp3) is 0.562. The lowest BCUT2D eigenvalue weighted by molar-refractivity contribution is 0.0569. The van der Waals surface area contributed by atoms with Gasteiger partial charge in [0, 0.05) is 13.1 Å². The van der Waals surface area contributed by atoms with Crippen molar-refractivity contribution in [3.63, 3.8) is 0 Å². The van der Waals surface area contributed by atoms with E-state index in [2.05, 4.69) is 34.3 Å². The molecule has 1 unspecified atom stereocenters. The maximum atomic E-state index is 6.04. The molecular weight excluding hydrogens is 294 g/mol. The monoisotopic (exact) mass is 317 g/mol. The van der Waals surface area contributed by atoms with Gasteiger partial charge in [0.1, 0.15) is 12.7 Å². The van der Waals surface area contributed by atoms with E-state index in [0.29, 0.717) is 13.2 Å². The first-order valence-corrected chi connectivity index (χ1v) is 8.16. The summed E-state index contributed by atoms with van der Waals surface area (Å²) in [6.45, 7) is 8.05. The molecule has 1 aromatic carbocycles. The zero-order valence-corrected chi connectivity index (χ0v) is 13.7. The molecule has 0 radical (unpaired) electrons. The molecule has 0 saturated carbocycles. The highest BCUT2D eigenvalue weighted by Gasteiger charge is 2.23. The SMILES string of the molecule is CCCn1nnnc1CN(CC)CC1COc2ccccc2O1. The molecule has 7 heteroatoms. The molecule has 1 atom stereocenters. The van der Waals surface area contributed by atoms with E-state index in [4.69, 9.17) is 9.47 Å². The normalized spacial score (nSPS) is 16.7. The first-order chi connectivity index (χ1) is 11.3. The van der Waals surface area contributed by atoms with Gasteiger partial charge in [0.05, 0.1) is 6.54 Å². The molecule has 2 aromatic rings. The molecule has 1 aliphatic heterocycles. The quantitative estimate of drug-likeness (QED) is 0.775. The van der Waals surface area contributed by atoms with E-state index in [1.165, 1.54) is 0 Å². The maximum Gasteiger partial charge on any atom is 0.165 e. The highest BCUT2D eigenvalue weighted by molar-refractivity contribution is 5.40. The molecule has 0 fully saturated rings. The third-order valence-electron chi connectivity index (χ3n) is 3.88. The molecule has 0 spiro atoms. The van der Waals surface area contributed by atoms with E-state index in [1.54, 1.807) is 0 Å². The largest absolute Gasteiger partial charge is 0.486 e. The first-order valence-electron chi connectivity index (χ1n) is 8.16. The van der Waals surface area contributed by atoms with Crippen LogP contribution in [0, 0.1) is 0 Å². The Balaban J connectivity index is 1.61. The summed E-state index contributed by atoms with van der Waals surface area (Å²) in [6.07, 6.45) is 1.03. The third-order valence-corrected chi connectivity index (χ3v) is 3.88. The van der Waals surface area contributed by atoms with Gasteiger partial charge in [-0.1, -0.05) is 26.0 Å². The summed E-state index contributed by atoms with van der Waals surface area (Å²) in [5.74, 6) is 2.53. The molecule has 2 heterocycles. The number of rotatable bonds is 7. The highest BCUT2D eigenvalue weighted by Crippen LogP contribution is 2.31. The zero-order chi connectivity index (χ0) is 16.1. The first kappa shape index (κ1) is 15.7. The summed E-state index contributed by atoms with van der Waals surface area (Å²) in [4.78, 5) is 2.28. The Morgan fingerprint density at radius 1 is 1.26 bits per heavy atom. The Labute approximate surface area is 136 Å². The summed E-state index contributed by atoms with van der Waals surface area (Å²) in [5, 5.41) is 12.0. The van der Waals surface area contributed by atoms with Crippen molar-refractivity contribution in [1.29, 1.82) is 0 Å². The Morgan fingerprint density at radius 3 is 2.87 bits per heavy atom. The summed E-state index contributed by atoms with van der Waals surface area (Å²) in [6, 6.07) is 7.79. The van der Waals surface area contributed by atoms with E-state index < -0.39 is 0 Å². The third kappa shape index (κ3) is 3.79. The van der Waals surface area contributed by atoms with Crippen LogP contribution >= 0.6 is 0 Å². The van der Waals surface area contributed by atoms with Gasteiger partial charge < -0.3 is 9.47 Å². The summed E-state index contributed by atoms with van der Waals surface area (Å²) in [7, 11) is 0. The van der Waals surface area contributed by atoms with Gasteiger partial charge in [-0.3, -0.25) is 4.90 Å². The van der Waals surface area contributed by atoms with Gasteiger partial charge >= 0.3 is 0 Å². The van der Waals surface area contributed by atoms with Gasteiger partial charge in [0.15, 0.2) is 17.3 Å². The number of nitrogens with zero attached hydrogens (tertiary/aromatic N) is 5. The number of ether oxygens (including phenoxy) is 2. The zero-order valence-electron chi connectivity index (χ0n) is 13.7. The predicted octanol–water partition coefficient (Wildman–Crippen LogP) is 1.74. The highest BCUT2D eigenvalue weighted by atomic mass is 16.6. The fourth-order valence-corrected chi connectivity index (χ4v) is 2.67. The van der Waals surface area contributed by atoms with Gasteiger partial charge in [-0.05, 0) is 35.5 Å². The van der Waals surface area contributed by atoms with Crippen molar-refractivity contribution in [3.8, 4) is 11.5 Å². The lowest BCUT2D eigenvalue weighted by atomic mass is 10.2. The fourth-order valence-electron chi connectivity index (χ4n) is 2.67. The van der Waals surface area contributed by atoms with Gasteiger partial charge in [0.25, 0.3) is 0 Å². The van der Waals surface area contributed by atoms with Crippen molar-refractivity contribution in [3.05, 3.63) is 30.1 Å². The molecule has 0 aliphatic carbocycles. The molecule has 23 heavy (non-hydrogen) atoms. The van der Waals surface area contributed by atoms with Crippen LogP contribution < -0.4 is 9.47 Å². The van der Waals surface area contributed by atoms with Crippen LogP contribution in [-0.4, -0.2) is 50.9 Å². The Kier molecular flexibility index (Phi) is 5.07. The maximum absolute atomic E-state index is 6.04. The van der Waals surface area contributed by atoms with Crippen LogP contribution in [0.3, 0.4) is 0 Å². The van der Waals surface area contributed by atoms with Crippen LogP contribution in [0.2, 0.25) is 0 Å². The standard InChI is InChI=1S/C16H23N5O2/c1-3-9-21-16(17-18-19-21)11-20(4-2)10-13-12-22-14-7-5-6-8-15(14)23-13/h5-8,13H,3-4,9-12H2,1-2H3. The van der Waals surface area contributed by atoms with Gasteiger partial charge in [-0.2, -0.15) is 0 Å². The van der Waals surface area contributed by atoms with E-state index in [1.807, 2.05) is 28.9 Å². The number of aromatic nitrogens is 4. The number of likely N-dealkylation sites (N-methyl/N-ethyl adjacent to an activating group) is 1. The van der Waals surface area contributed by atoms with E-state index in [-0.39, 0.29) is 6.10 Å². The topological polar surface area (TPSA) is 65.3 Å². The molecule has 3 rings (SSSR count). The van der Waals surface area contributed by atoms with Crippen molar-refractivity contribution < 1.29 is 9.47 Å². The summed E-state index contributed by atoms with van der Waals surface area (Å²) >= 11 is 0. The number of aryl methyl sites for hydroxylation is 1. The van der Waals surface area contributed by atoms with Crippen molar-refractivity contribution in [2.24, 2.45) is 0 Å². The van der Waals surface area contributed by atoms with Crippen molar-refractivity contribution in [2.45, 2.75) is 39.5 Å². The minimum atomic E-state index is 0.0142. The molecule has 0 amide bonds. The average molecular weight is 317 g/mol. The minimum Gasteiger partial charge on any atom is -0.486 e. The predicted molar refractivity (Wildman–Crippen MR) is 85.4 cm³/mol. The smallest absolute Gasteiger partial charge is 0.165 e. The Morgan fingerprint density at radius 2 is 2.09 bits per heavy atom. The molecule has 1 aliphatic rings. The number of hydrogen-bond acceptors (Lipinski definition) is 6. The second-order valence-electron chi connectivity index (χ2n) is 5.64. The van der Waals surface area contributed by atoms with Crippen molar-refractivity contribution >= 4 is 0 Å².